The molecule has 1 aliphatic heterocycles. The first-order valence-electron chi connectivity index (χ1n) is 9.74. The molecule has 6 nitrogen and oxygen atoms in total. The van der Waals surface area contributed by atoms with E-state index in [-0.39, 0.29) is 29.4 Å². The average molecular weight is 576 g/mol. The quantitative estimate of drug-likeness (QED) is 0.331. The van der Waals surface area contributed by atoms with Crippen LogP contribution in [0.25, 0.3) is 0 Å². The molecule has 2 heterocycles. The standard InChI is InChI=1S/C21H30BrN5O.HI/c1-16-13-17(25-28-16)14-26-9-11-27(12-10-26)20(23-4)24-15-21(2,3)18-7-5-6-8-19(18)22;/h5-8,13H,9-12,14-15H2,1-4H3,(H,23,24);1H. The van der Waals surface area contributed by atoms with Gasteiger partial charge in [-0.3, -0.25) is 9.89 Å². The number of hydrogen-bond donors (Lipinski definition) is 1. The summed E-state index contributed by atoms with van der Waals surface area (Å²) in [5, 5.41) is 7.68. The van der Waals surface area contributed by atoms with Crippen LogP contribution in [0.1, 0.15) is 30.9 Å². The van der Waals surface area contributed by atoms with E-state index in [9.17, 15) is 0 Å². The Morgan fingerprint density at radius 3 is 2.52 bits per heavy atom. The summed E-state index contributed by atoms with van der Waals surface area (Å²) in [6, 6.07) is 10.4. The molecule has 0 aliphatic carbocycles. The van der Waals surface area contributed by atoms with Crippen molar-refractivity contribution in [1.82, 2.24) is 20.3 Å². The van der Waals surface area contributed by atoms with Gasteiger partial charge in [0.1, 0.15) is 5.76 Å². The van der Waals surface area contributed by atoms with Crippen LogP contribution in [-0.4, -0.2) is 60.7 Å². The molecular formula is C21H31BrIN5O. The maximum atomic E-state index is 5.17. The fourth-order valence-electron chi connectivity index (χ4n) is 3.58. The van der Waals surface area contributed by atoms with Crippen molar-refractivity contribution in [2.24, 2.45) is 4.99 Å². The van der Waals surface area contributed by atoms with E-state index in [0.717, 1.165) is 61.2 Å². The van der Waals surface area contributed by atoms with Gasteiger partial charge in [0.2, 0.25) is 0 Å². The molecule has 0 atom stereocenters. The number of hydrogen-bond acceptors (Lipinski definition) is 4. The van der Waals surface area contributed by atoms with Crippen LogP contribution in [0.2, 0.25) is 0 Å². The zero-order valence-corrected chi connectivity index (χ0v) is 21.5. The number of benzene rings is 1. The number of guanidine groups is 1. The molecule has 160 valence electrons. The van der Waals surface area contributed by atoms with Gasteiger partial charge in [-0.05, 0) is 18.6 Å². The number of aryl methyl sites for hydroxylation is 1. The second-order valence-corrected chi connectivity index (χ2v) is 8.81. The van der Waals surface area contributed by atoms with Crippen LogP contribution in [0.3, 0.4) is 0 Å². The first-order chi connectivity index (χ1) is 13.4. The van der Waals surface area contributed by atoms with Gasteiger partial charge in [-0.15, -0.1) is 24.0 Å². The summed E-state index contributed by atoms with van der Waals surface area (Å²) in [6.45, 7) is 12.0. The predicted octanol–water partition coefficient (Wildman–Crippen LogP) is 4.03. The molecule has 29 heavy (non-hydrogen) atoms. The molecule has 0 saturated carbocycles. The Kier molecular flexibility index (Phi) is 8.96. The second kappa shape index (κ2) is 10.8. The molecule has 2 aromatic rings. The molecule has 0 bridgehead atoms. The zero-order valence-electron chi connectivity index (χ0n) is 17.6. The number of nitrogens with zero attached hydrogens (tertiary/aromatic N) is 4. The molecular weight excluding hydrogens is 545 g/mol. The second-order valence-electron chi connectivity index (χ2n) is 7.96. The van der Waals surface area contributed by atoms with Gasteiger partial charge in [0.25, 0.3) is 0 Å². The Hall–Kier alpha value is -1.13. The smallest absolute Gasteiger partial charge is 0.193 e. The molecule has 0 amide bonds. The van der Waals surface area contributed by atoms with E-state index in [1.807, 2.05) is 20.0 Å². The monoisotopic (exact) mass is 575 g/mol. The van der Waals surface area contributed by atoms with Crippen molar-refractivity contribution in [3.63, 3.8) is 0 Å². The molecule has 1 fully saturated rings. The van der Waals surface area contributed by atoms with Crippen molar-refractivity contribution in [1.29, 1.82) is 0 Å². The van der Waals surface area contributed by atoms with Gasteiger partial charge in [0, 0.05) is 62.3 Å². The first kappa shape index (κ1) is 24.1. The lowest BCUT2D eigenvalue weighted by molar-refractivity contribution is 0.168. The largest absolute Gasteiger partial charge is 0.361 e. The van der Waals surface area contributed by atoms with Crippen molar-refractivity contribution in [2.75, 3.05) is 39.8 Å². The highest BCUT2D eigenvalue weighted by Crippen LogP contribution is 2.29. The molecule has 0 radical (unpaired) electrons. The predicted molar refractivity (Wildman–Crippen MR) is 132 cm³/mol. The highest BCUT2D eigenvalue weighted by molar-refractivity contribution is 14.0. The van der Waals surface area contributed by atoms with Gasteiger partial charge in [-0.1, -0.05) is 53.1 Å². The van der Waals surface area contributed by atoms with E-state index in [4.69, 9.17) is 4.52 Å². The fourth-order valence-corrected chi connectivity index (χ4v) is 4.40. The summed E-state index contributed by atoms with van der Waals surface area (Å²) in [7, 11) is 1.86. The lowest BCUT2D eigenvalue weighted by atomic mass is 9.84. The summed E-state index contributed by atoms with van der Waals surface area (Å²) in [6.07, 6.45) is 0. The maximum Gasteiger partial charge on any atom is 0.193 e. The summed E-state index contributed by atoms with van der Waals surface area (Å²) < 4.78 is 6.32. The van der Waals surface area contributed by atoms with Crippen LogP contribution in [-0.2, 0) is 12.0 Å². The molecule has 0 spiro atoms. The number of aromatic nitrogens is 1. The first-order valence-corrected chi connectivity index (χ1v) is 10.5. The van der Waals surface area contributed by atoms with E-state index in [2.05, 4.69) is 79.3 Å². The minimum atomic E-state index is -0.0112. The SMILES string of the molecule is CN=C(NCC(C)(C)c1ccccc1Br)N1CCN(Cc2cc(C)on2)CC1.I. The van der Waals surface area contributed by atoms with Gasteiger partial charge in [0.15, 0.2) is 5.96 Å². The molecule has 1 aromatic heterocycles. The van der Waals surface area contributed by atoms with Crippen molar-refractivity contribution >= 4 is 45.9 Å². The van der Waals surface area contributed by atoms with Crippen LogP contribution >= 0.6 is 39.9 Å². The van der Waals surface area contributed by atoms with E-state index >= 15 is 0 Å². The highest BCUT2D eigenvalue weighted by Gasteiger charge is 2.25. The third kappa shape index (κ3) is 6.42. The molecule has 0 unspecified atom stereocenters. The van der Waals surface area contributed by atoms with E-state index in [1.165, 1.54) is 5.56 Å². The Labute approximate surface area is 199 Å². The van der Waals surface area contributed by atoms with Crippen LogP contribution < -0.4 is 5.32 Å². The summed E-state index contributed by atoms with van der Waals surface area (Å²) in [4.78, 5) is 9.26. The highest BCUT2D eigenvalue weighted by atomic mass is 127. The van der Waals surface area contributed by atoms with Gasteiger partial charge in [0.05, 0.1) is 5.69 Å². The minimum absolute atomic E-state index is 0. The third-order valence-corrected chi connectivity index (χ3v) is 5.93. The minimum Gasteiger partial charge on any atom is -0.361 e. The van der Waals surface area contributed by atoms with Gasteiger partial charge in [-0.25, -0.2) is 0 Å². The lowest BCUT2D eigenvalue weighted by Gasteiger charge is -2.37. The van der Waals surface area contributed by atoms with Crippen LogP contribution in [0.15, 0.2) is 44.3 Å². The van der Waals surface area contributed by atoms with Gasteiger partial charge < -0.3 is 14.7 Å². The van der Waals surface area contributed by atoms with Crippen molar-refractivity contribution < 1.29 is 4.52 Å². The molecule has 3 rings (SSSR count). The Balaban J connectivity index is 0.00000300. The lowest BCUT2D eigenvalue weighted by Crippen LogP contribution is -2.53. The Bertz CT molecular complexity index is 815. The van der Waals surface area contributed by atoms with Crippen LogP contribution in [0, 0.1) is 6.92 Å². The molecule has 8 heteroatoms. The number of halogens is 2. The molecule has 1 aromatic carbocycles. The van der Waals surface area contributed by atoms with E-state index in [1.54, 1.807) is 0 Å². The van der Waals surface area contributed by atoms with Gasteiger partial charge in [-0.2, -0.15) is 0 Å². The van der Waals surface area contributed by atoms with E-state index in [0.29, 0.717) is 0 Å². The summed E-state index contributed by atoms with van der Waals surface area (Å²) in [5.41, 5.74) is 2.29. The Morgan fingerprint density at radius 1 is 1.24 bits per heavy atom. The average Bonchev–Trinajstić information content (AvgIpc) is 3.08. The van der Waals surface area contributed by atoms with Gasteiger partial charge >= 0.3 is 0 Å². The maximum absolute atomic E-state index is 5.17. The van der Waals surface area contributed by atoms with Crippen LogP contribution in [0.5, 0.6) is 0 Å². The van der Waals surface area contributed by atoms with Crippen LogP contribution in [0.4, 0.5) is 0 Å². The normalized spacial score (nSPS) is 15.9. The Morgan fingerprint density at radius 2 is 1.93 bits per heavy atom. The molecule has 1 saturated heterocycles. The zero-order chi connectivity index (χ0) is 20.1. The fraction of sp³-hybridized carbons (Fsp3) is 0.524. The topological polar surface area (TPSA) is 56.9 Å². The number of rotatable bonds is 5. The molecule has 1 aliphatic rings. The van der Waals surface area contributed by atoms with E-state index < -0.39 is 0 Å². The number of aliphatic imine (C=N–C) groups is 1. The number of nitrogens with one attached hydrogen (secondary N) is 1. The van der Waals surface area contributed by atoms with Crippen molar-refractivity contribution in [3.8, 4) is 0 Å². The summed E-state index contributed by atoms with van der Waals surface area (Å²) in [5.74, 6) is 1.84. The van der Waals surface area contributed by atoms with Crippen molar-refractivity contribution in [2.45, 2.75) is 32.7 Å². The third-order valence-electron chi connectivity index (χ3n) is 5.24. The van der Waals surface area contributed by atoms with Crippen molar-refractivity contribution in [3.05, 3.63) is 51.8 Å². The summed E-state index contributed by atoms with van der Waals surface area (Å²) >= 11 is 3.68. The molecule has 1 N–H and O–H groups in total. The number of piperazine rings is 1.